The molecule has 0 aliphatic carbocycles. The SMILES string of the molecule is CC(C)N1C[C@@H](c2cc(N(C)C)nc(CN(C)C(=O)CC(C)(C)C)n2)CC1=O. The normalized spacial score (nSPS) is 17.4. The van der Waals surface area contributed by atoms with Crippen molar-refractivity contribution in [1.82, 2.24) is 19.8 Å². The second-order valence-corrected chi connectivity index (χ2v) is 9.49. The number of carbonyl (C=O) groups is 2. The Morgan fingerprint density at radius 3 is 2.39 bits per heavy atom. The molecule has 2 amide bonds. The Kier molecular flexibility index (Phi) is 6.67. The lowest BCUT2D eigenvalue weighted by Crippen LogP contribution is -2.32. The Morgan fingerprint density at radius 1 is 1.25 bits per heavy atom. The van der Waals surface area contributed by atoms with E-state index in [1.54, 1.807) is 11.9 Å². The first-order valence-corrected chi connectivity index (χ1v) is 9.96. The van der Waals surface area contributed by atoms with Crippen molar-refractivity contribution in [3.63, 3.8) is 0 Å². The topological polar surface area (TPSA) is 69.6 Å². The number of anilines is 1. The van der Waals surface area contributed by atoms with Crippen LogP contribution in [-0.4, -0.2) is 65.3 Å². The fourth-order valence-electron chi connectivity index (χ4n) is 3.33. The van der Waals surface area contributed by atoms with Crippen molar-refractivity contribution in [3.8, 4) is 0 Å². The van der Waals surface area contributed by atoms with Gasteiger partial charge in [0.15, 0.2) is 0 Å². The van der Waals surface area contributed by atoms with Gasteiger partial charge < -0.3 is 14.7 Å². The van der Waals surface area contributed by atoms with Crippen LogP contribution in [0.4, 0.5) is 5.82 Å². The van der Waals surface area contributed by atoms with Crippen LogP contribution in [-0.2, 0) is 16.1 Å². The molecule has 1 aromatic rings. The Hall–Kier alpha value is -2.18. The van der Waals surface area contributed by atoms with Gasteiger partial charge >= 0.3 is 0 Å². The molecule has 1 fully saturated rings. The maximum Gasteiger partial charge on any atom is 0.223 e. The largest absolute Gasteiger partial charge is 0.363 e. The Bertz CT molecular complexity index is 724. The fourth-order valence-corrected chi connectivity index (χ4v) is 3.33. The van der Waals surface area contributed by atoms with Crippen LogP contribution in [0, 0.1) is 5.41 Å². The van der Waals surface area contributed by atoms with E-state index in [0.29, 0.717) is 31.8 Å². The van der Waals surface area contributed by atoms with Crippen LogP contribution < -0.4 is 4.90 Å². The third-order valence-electron chi connectivity index (χ3n) is 4.92. The van der Waals surface area contributed by atoms with Gasteiger partial charge in [-0.2, -0.15) is 0 Å². The average Bonchev–Trinajstić information content (AvgIpc) is 2.95. The van der Waals surface area contributed by atoms with Crippen molar-refractivity contribution in [1.29, 1.82) is 0 Å². The number of nitrogens with zero attached hydrogens (tertiary/aromatic N) is 5. The molecule has 0 aromatic carbocycles. The molecule has 28 heavy (non-hydrogen) atoms. The monoisotopic (exact) mass is 389 g/mol. The molecule has 0 N–H and O–H groups in total. The quantitative estimate of drug-likeness (QED) is 0.748. The first kappa shape index (κ1) is 22.1. The number of hydrogen-bond acceptors (Lipinski definition) is 5. The summed E-state index contributed by atoms with van der Waals surface area (Å²) in [5.74, 6) is 1.72. The minimum absolute atomic E-state index is 0.0610. The first-order valence-electron chi connectivity index (χ1n) is 9.96. The van der Waals surface area contributed by atoms with E-state index in [-0.39, 0.29) is 29.2 Å². The Labute approximate surface area is 169 Å². The summed E-state index contributed by atoms with van der Waals surface area (Å²) in [6, 6.07) is 2.15. The molecule has 0 spiro atoms. The van der Waals surface area contributed by atoms with Gasteiger partial charge in [-0.25, -0.2) is 9.97 Å². The van der Waals surface area contributed by atoms with E-state index >= 15 is 0 Å². The third kappa shape index (κ3) is 5.66. The number of aromatic nitrogens is 2. The molecule has 0 bridgehead atoms. The van der Waals surface area contributed by atoms with Crippen LogP contribution in [0.25, 0.3) is 0 Å². The van der Waals surface area contributed by atoms with Crippen molar-refractivity contribution >= 4 is 17.6 Å². The van der Waals surface area contributed by atoms with Gasteiger partial charge in [0.05, 0.1) is 12.2 Å². The van der Waals surface area contributed by atoms with E-state index in [9.17, 15) is 9.59 Å². The highest BCUT2D eigenvalue weighted by molar-refractivity contribution is 5.80. The first-order chi connectivity index (χ1) is 12.9. The highest BCUT2D eigenvalue weighted by Crippen LogP contribution is 2.30. The summed E-state index contributed by atoms with van der Waals surface area (Å²) in [6.45, 7) is 11.3. The number of rotatable bonds is 6. The van der Waals surface area contributed by atoms with E-state index in [1.165, 1.54) is 0 Å². The standard InChI is InChI=1S/C21H35N5O2/c1-14(2)26-12-15(9-19(26)27)16-10-18(24(6)7)23-17(22-16)13-25(8)20(28)11-21(3,4)5/h10,14-15H,9,11-13H2,1-8H3/t15-/m0/s1. The molecule has 0 radical (unpaired) electrons. The number of hydrogen-bond donors (Lipinski definition) is 0. The smallest absolute Gasteiger partial charge is 0.223 e. The van der Waals surface area contributed by atoms with Crippen LogP contribution in [0.1, 0.15) is 64.9 Å². The molecule has 7 nitrogen and oxygen atoms in total. The summed E-state index contributed by atoms with van der Waals surface area (Å²) in [4.78, 5) is 39.7. The Balaban J connectivity index is 2.24. The van der Waals surface area contributed by atoms with E-state index < -0.39 is 0 Å². The number of amides is 2. The molecular weight excluding hydrogens is 354 g/mol. The molecule has 1 saturated heterocycles. The maximum absolute atomic E-state index is 12.5. The molecule has 1 aliphatic heterocycles. The molecule has 0 saturated carbocycles. The van der Waals surface area contributed by atoms with Crippen LogP contribution in [0.5, 0.6) is 0 Å². The predicted octanol–water partition coefficient (Wildman–Crippen LogP) is 2.66. The fraction of sp³-hybridized carbons (Fsp3) is 0.714. The van der Waals surface area contributed by atoms with Gasteiger partial charge in [0.1, 0.15) is 11.6 Å². The van der Waals surface area contributed by atoms with Crippen molar-refractivity contribution in [3.05, 3.63) is 17.6 Å². The summed E-state index contributed by atoms with van der Waals surface area (Å²) in [5.41, 5.74) is 0.815. The maximum atomic E-state index is 12.5. The van der Waals surface area contributed by atoms with Crippen LogP contribution in [0.15, 0.2) is 6.07 Å². The summed E-state index contributed by atoms with van der Waals surface area (Å²) >= 11 is 0. The third-order valence-corrected chi connectivity index (χ3v) is 4.92. The van der Waals surface area contributed by atoms with Crippen molar-refractivity contribution in [2.24, 2.45) is 5.41 Å². The lowest BCUT2D eigenvalue weighted by molar-refractivity contribution is -0.132. The molecule has 7 heteroatoms. The lowest BCUT2D eigenvalue weighted by Gasteiger charge is -2.24. The zero-order chi connectivity index (χ0) is 21.2. The van der Waals surface area contributed by atoms with Crippen LogP contribution >= 0.6 is 0 Å². The van der Waals surface area contributed by atoms with Gasteiger partial charge in [-0.3, -0.25) is 9.59 Å². The molecule has 2 heterocycles. The summed E-state index contributed by atoms with van der Waals surface area (Å²) < 4.78 is 0. The van der Waals surface area contributed by atoms with E-state index in [0.717, 1.165) is 11.5 Å². The molecular formula is C21H35N5O2. The predicted molar refractivity (Wildman–Crippen MR) is 111 cm³/mol. The minimum Gasteiger partial charge on any atom is -0.363 e. The molecule has 1 atom stereocenters. The minimum atomic E-state index is -0.0621. The zero-order valence-corrected chi connectivity index (χ0v) is 18.6. The summed E-state index contributed by atoms with van der Waals surface area (Å²) in [6.07, 6.45) is 0.949. The zero-order valence-electron chi connectivity index (χ0n) is 18.6. The van der Waals surface area contributed by atoms with Crippen molar-refractivity contribution < 1.29 is 9.59 Å². The average molecular weight is 390 g/mol. The summed E-state index contributed by atoms with van der Waals surface area (Å²) in [5, 5.41) is 0. The molecule has 2 rings (SSSR count). The van der Waals surface area contributed by atoms with E-state index in [1.807, 2.05) is 43.8 Å². The van der Waals surface area contributed by atoms with Gasteiger partial charge in [0.25, 0.3) is 0 Å². The van der Waals surface area contributed by atoms with Crippen LogP contribution in [0.2, 0.25) is 0 Å². The lowest BCUT2D eigenvalue weighted by atomic mass is 9.92. The van der Waals surface area contributed by atoms with Gasteiger partial charge in [-0.1, -0.05) is 20.8 Å². The second-order valence-electron chi connectivity index (χ2n) is 9.49. The highest BCUT2D eigenvalue weighted by Gasteiger charge is 2.33. The summed E-state index contributed by atoms with van der Waals surface area (Å²) in [7, 11) is 5.66. The molecule has 156 valence electrons. The highest BCUT2D eigenvalue weighted by atomic mass is 16.2. The van der Waals surface area contributed by atoms with Crippen molar-refractivity contribution in [2.45, 2.75) is 66.0 Å². The van der Waals surface area contributed by atoms with Gasteiger partial charge in [-0.15, -0.1) is 0 Å². The van der Waals surface area contributed by atoms with E-state index in [4.69, 9.17) is 4.98 Å². The Morgan fingerprint density at radius 2 is 1.89 bits per heavy atom. The number of likely N-dealkylation sites (tertiary alicyclic amines) is 1. The molecule has 0 unspecified atom stereocenters. The van der Waals surface area contributed by atoms with Gasteiger partial charge in [0, 0.05) is 58.6 Å². The van der Waals surface area contributed by atoms with Gasteiger partial charge in [-0.05, 0) is 19.3 Å². The molecule has 1 aromatic heterocycles. The van der Waals surface area contributed by atoms with Gasteiger partial charge in [0.2, 0.25) is 11.8 Å². The van der Waals surface area contributed by atoms with E-state index in [2.05, 4.69) is 25.8 Å². The molecule has 1 aliphatic rings. The number of carbonyl (C=O) groups excluding carboxylic acids is 2. The second kappa shape index (κ2) is 8.45. The van der Waals surface area contributed by atoms with Crippen LogP contribution in [0.3, 0.4) is 0 Å². The van der Waals surface area contributed by atoms with Crippen molar-refractivity contribution in [2.75, 3.05) is 32.6 Å².